The molecular weight excluding hydrogens is 515 g/mol. The van der Waals surface area contributed by atoms with Gasteiger partial charge in [-0.3, -0.25) is 19.2 Å². The van der Waals surface area contributed by atoms with Gasteiger partial charge in [-0.2, -0.15) is 0 Å². The first kappa shape index (κ1) is 28.0. The number of likely N-dealkylation sites (tertiary alicyclic amines) is 1. The van der Waals surface area contributed by atoms with Gasteiger partial charge in [-0.15, -0.1) is 13.2 Å². The Hall–Kier alpha value is -3.06. The van der Waals surface area contributed by atoms with Gasteiger partial charge in [0.15, 0.2) is 11.5 Å². The summed E-state index contributed by atoms with van der Waals surface area (Å²) in [5, 5.41) is 8.94. The maximum atomic E-state index is 14.1. The number of nitrogens with one attached hydrogen (secondary N) is 2. The van der Waals surface area contributed by atoms with Crippen LogP contribution in [0.25, 0.3) is 11.3 Å². The van der Waals surface area contributed by atoms with Crippen molar-refractivity contribution in [2.24, 2.45) is 5.92 Å². The molecule has 1 aromatic heterocycles. The van der Waals surface area contributed by atoms with Gasteiger partial charge in [0, 0.05) is 43.9 Å². The Labute approximate surface area is 215 Å². The zero-order chi connectivity index (χ0) is 27.3. The Morgan fingerprint density at radius 2 is 1.87 bits per heavy atom. The van der Waals surface area contributed by atoms with Crippen LogP contribution in [0.15, 0.2) is 28.8 Å². The van der Waals surface area contributed by atoms with Gasteiger partial charge in [0.05, 0.1) is 18.1 Å². The van der Waals surface area contributed by atoms with Gasteiger partial charge in [-0.05, 0) is 31.4 Å². The third-order valence-corrected chi connectivity index (χ3v) is 6.99. The van der Waals surface area contributed by atoms with Crippen molar-refractivity contribution in [2.75, 3.05) is 26.2 Å². The number of benzene rings is 1. The Morgan fingerprint density at radius 3 is 2.58 bits per heavy atom. The highest BCUT2D eigenvalue weighted by Gasteiger charge is 2.38. The van der Waals surface area contributed by atoms with Gasteiger partial charge in [-0.1, -0.05) is 24.4 Å². The van der Waals surface area contributed by atoms with E-state index in [9.17, 15) is 31.5 Å². The summed E-state index contributed by atoms with van der Waals surface area (Å²) in [4.78, 5) is 28.2. The molecule has 2 heterocycles. The molecule has 0 unspecified atom stereocenters. The van der Waals surface area contributed by atoms with Crippen molar-refractivity contribution in [3.63, 3.8) is 0 Å². The zero-order valence-corrected chi connectivity index (χ0v) is 20.5. The van der Waals surface area contributed by atoms with Gasteiger partial charge in [0.2, 0.25) is 5.91 Å². The summed E-state index contributed by atoms with van der Waals surface area (Å²) in [6, 6.07) is 3.80. The zero-order valence-electron chi connectivity index (χ0n) is 20.5. The lowest BCUT2D eigenvalue weighted by atomic mass is 9.87. The van der Waals surface area contributed by atoms with Crippen molar-refractivity contribution in [1.82, 2.24) is 20.7 Å². The molecule has 2 fully saturated rings. The summed E-state index contributed by atoms with van der Waals surface area (Å²) >= 11 is 0. The SMILES string of the molecule is O=C(N[C@@H]1CCN(C2CCCCC2)C[C@H]1C(=O)NCCOC(F)(F)F)c1cc(-c2ccc(F)cc2F)on1. The van der Waals surface area contributed by atoms with Gasteiger partial charge < -0.3 is 15.2 Å². The Morgan fingerprint density at radius 1 is 1.11 bits per heavy atom. The number of amides is 2. The molecule has 0 bridgehead atoms. The summed E-state index contributed by atoms with van der Waals surface area (Å²) in [6.07, 6.45) is 1.01. The molecule has 2 aromatic rings. The summed E-state index contributed by atoms with van der Waals surface area (Å²) in [7, 11) is 0. The minimum absolute atomic E-state index is 0.0706. The molecule has 38 heavy (non-hydrogen) atoms. The van der Waals surface area contributed by atoms with E-state index in [-0.39, 0.29) is 23.6 Å². The largest absolute Gasteiger partial charge is 0.522 e. The number of ether oxygens (including phenoxy) is 1. The molecule has 13 heteroatoms. The molecule has 0 spiro atoms. The molecule has 2 atom stereocenters. The predicted octanol–water partition coefficient (Wildman–Crippen LogP) is 4.03. The van der Waals surface area contributed by atoms with Crippen molar-refractivity contribution >= 4 is 11.8 Å². The third-order valence-electron chi connectivity index (χ3n) is 6.99. The van der Waals surface area contributed by atoms with Crippen molar-refractivity contribution in [2.45, 2.75) is 57.0 Å². The van der Waals surface area contributed by atoms with Crippen LogP contribution in [0.4, 0.5) is 22.0 Å². The topological polar surface area (TPSA) is 96.7 Å². The van der Waals surface area contributed by atoms with Crippen LogP contribution in [0.5, 0.6) is 0 Å². The van der Waals surface area contributed by atoms with E-state index in [1.165, 1.54) is 6.07 Å². The number of piperidine rings is 1. The first-order valence-corrected chi connectivity index (χ1v) is 12.6. The van der Waals surface area contributed by atoms with E-state index in [0.29, 0.717) is 31.6 Å². The van der Waals surface area contributed by atoms with Gasteiger partial charge >= 0.3 is 6.36 Å². The summed E-state index contributed by atoms with van der Waals surface area (Å²) in [5.74, 6) is -3.58. The monoisotopic (exact) mass is 544 g/mol. The van der Waals surface area contributed by atoms with E-state index in [1.807, 2.05) is 0 Å². The summed E-state index contributed by atoms with van der Waals surface area (Å²) < 4.78 is 72.9. The molecule has 1 aromatic carbocycles. The van der Waals surface area contributed by atoms with Crippen molar-refractivity contribution in [1.29, 1.82) is 0 Å². The molecule has 2 aliphatic rings. The maximum absolute atomic E-state index is 14.1. The lowest BCUT2D eigenvalue weighted by molar-refractivity contribution is -0.323. The molecule has 1 aliphatic carbocycles. The quantitative estimate of drug-likeness (QED) is 0.385. The molecule has 208 valence electrons. The number of alkyl halides is 3. The number of hydrogen-bond acceptors (Lipinski definition) is 6. The second kappa shape index (κ2) is 12.2. The summed E-state index contributed by atoms with van der Waals surface area (Å²) in [5.41, 5.74) is -0.228. The van der Waals surface area contributed by atoms with E-state index >= 15 is 0 Å². The molecule has 1 saturated carbocycles. The molecule has 2 N–H and O–H groups in total. The number of hydrogen-bond donors (Lipinski definition) is 2. The van der Waals surface area contributed by atoms with Crippen molar-refractivity contribution in [3.05, 3.63) is 41.6 Å². The van der Waals surface area contributed by atoms with E-state index < -0.39 is 48.4 Å². The number of rotatable bonds is 8. The number of halogens is 5. The lowest BCUT2D eigenvalue weighted by Gasteiger charge is -2.43. The van der Waals surface area contributed by atoms with Gasteiger partial charge in [0.1, 0.15) is 11.6 Å². The highest BCUT2D eigenvalue weighted by atomic mass is 19.4. The second-order valence-electron chi connectivity index (χ2n) is 9.55. The van der Waals surface area contributed by atoms with Gasteiger partial charge in [0.25, 0.3) is 5.91 Å². The van der Waals surface area contributed by atoms with Crippen LogP contribution in [0.1, 0.15) is 49.0 Å². The lowest BCUT2D eigenvalue weighted by Crippen LogP contribution is -2.58. The van der Waals surface area contributed by atoms with E-state index in [1.54, 1.807) is 0 Å². The van der Waals surface area contributed by atoms with Crippen LogP contribution in [0, 0.1) is 17.6 Å². The maximum Gasteiger partial charge on any atom is 0.522 e. The van der Waals surface area contributed by atoms with Gasteiger partial charge in [-0.25, -0.2) is 8.78 Å². The fourth-order valence-electron chi connectivity index (χ4n) is 5.11. The molecular formula is C25H29F5N4O4. The Bertz CT molecular complexity index is 1120. The number of carbonyl (C=O) groups is 2. The van der Waals surface area contributed by atoms with Crippen LogP contribution in [-0.2, 0) is 9.53 Å². The Balaban J connectivity index is 1.43. The minimum atomic E-state index is -4.79. The fraction of sp³-hybridized carbons (Fsp3) is 0.560. The highest BCUT2D eigenvalue weighted by Crippen LogP contribution is 2.28. The number of aromatic nitrogens is 1. The van der Waals surface area contributed by atoms with Crippen LogP contribution < -0.4 is 10.6 Å². The van der Waals surface area contributed by atoms with Crippen LogP contribution in [0.2, 0.25) is 0 Å². The standard InChI is InChI=1S/C25H29F5N4O4/c26-15-6-7-17(19(27)12-15)22-13-21(33-38-22)24(36)32-20-8-10-34(16-4-2-1-3-5-16)14-18(20)23(35)31-9-11-37-25(28,29)30/h6-7,12-13,16,18,20H,1-5,8-11,14H2,(H,31,35)(H,32,36)/t18-,20-/m1/s1. The number of nitrogens with zero attached hydrogens (tertiary/aromatic N) is 2. The molecule has 0 radical (unpaired) electrons. The van der Waals surface area contributed by atoms with Crippen molar-refractivity contribution in [3.8, 4) is 11.3 Å². The average molecular weight is 545 g/mol. The smallest absolute Gasteiger partial charge is 0.355 e. The van der Waals surface area contributed by atoms with E-state index in [0.717, 1.165) is 44.2 Å². The molecule has 8 nitrogen and oxygen atoms in total. The van der Waals surface area contributed by atoms with E-state index in [2.05, 4.69) is 25.4 Å². The average Bonchev–Trinajstić information content (AvgIpc) is 3.37. The fourth-order valence-corrected chi connectivity index (χ4v) is 5.11. The van der Waals surface area contributed by atoms with Crippen LogP contribution >= 0.6 is 0 Å². The first-order chi connectivity index (χ1) is 18.1. The number of carbonyl (C=O) groups excluding carboxylic acids is 2. The normalized spacial score (nSPS) is 21.3. The molecule has 1 aliphatic heterocycles. The highest BCUT2D eigenvalue weighted by molar-refractivity contribution is 5.94. The minimum Gasteiger partial charge on any atom is -0.355 e. The molecule has 1 saturated heterocycles. The predicted molar refractivity (Wildman–Crippen MR) is 125 cm³/mol. The third kappa shape index (κ3) is 7.28. The Kier molecular flexibility index (Phi) is 8.98. The van der Waals surface area contributed by atoms with Crippen LogP contribution in [-0.4, -0.2) is 66.6 Å². The van der Waals surface area contributed by atoms with Crippen molar-refractivity contribution < 1.29 is 40.8 Å². The van der Waals surface area contributed by atoms with E-state index in [4.69, 9.17) is 4.52 Å². The van der Waals surface area contributed by atoms with Crippen LogP contribution in [0.3, 0.4) is 0 Å². The second-order valence-corrected chi connectivity index (χ2v) is 9.55. The molecule has 4 rings (SSSR count). The molecule has 2 amide bonds. The summed E-state index contributed by atoms with van der Waals surface area (Å²) in [6.45, 7) is -0.0876. The first-order valence-electron chi connectivity index (χ1n) is 12.6.